The van der Waals surface area contributed by atoms with Crippen molar-refractivity contribution in [2.45, 2.75) is 43.3 Å². The molecule has 7 unspecified atom stereocenters. The second-order valence-electron chi connectivity index (χ2n) is 4.37. The lowest BCUT2D eigenvalue weighted by Crippen LogP contribution is -2.52. The molecular formula is C12H16O6. The number of aliphatic hydroxyl groups is 1. The van der Waals surface area contributed by atoms with Gasteiger partial charge in [0.2, 0.25) is 0 Å². The van der Waals surface area contributed by atoms with Crippen molar-refractivity contribution in [3.63, 3.8) is 0 Å². The van der Waals surface area contributed by atoms with E-state index in [4.69, 9.17) is 23.7 Å². The lowest BCUT2D eigenvalue weighted by molar-refractivity contribution is -0.283. The first-order valence-corrected chi connectivity index (χ1v) is 5.90. The average molecular weight is 256 g/mol. The van der Waals surface area contributed by atoms with Crippen molar-refractivity contribution in [1.29, 1.82) is 0 Å². The molecule has 18 heavy (non-hydrogen) atoms. The Morgan fingerprint density at radius 3 is 2.17 bits per heavy atom. The van der Waals surface area contributed by atoms with Gasteiger partial charge >= 0.3 is 0 Å². The van der Waals surface area contributed by atoms with Gasteiger partial charge in [0, 0.05) is 0 Å². The minimum Gasteiger partial charge on any atom is -0.394 e. The van der Waals surface area contributed by atoms with E-state index in [0.717, 1.165) is 0 Å². The number of hydrogen-bond acceptors (Lipinski definition) is 6. The van der Waals surface area contributed by atoms with E-state index >= 15 is 0 Å². The summed E-state index contributed by atoms with van der Waals surface area (Å²) < 4.78 is 27.9. The molecule has 6 nitrogen and oxygen atoms in total. The van der Waals surface area contributed by atoms with Crippen LogP contribution < -0.4 is 0 Å². The zero-order valence-electron chi connectivity index (χ0n) is 9.81. The Labute approximate surface area is 105 Å². The zero-order valence-corrected chi connectivity index (χ0v) is 9.81. The lowest BCUT2D eigenvalue weighted by Gasteiger charge is -2.37. The maximum atomic E-state index is 9.32. The molecule has 0 aromatic rings. The summed E-state index contributed by atoms with van der Waals surface area (Å²) in [6.45, 7) is 7.08. The van der Waals surface area contributed by atoms with Crippen LogP contribution in [-0.4, -0.2) is 55.0 Å². The van der Waals surface area contributed by atoms with Crippen molar-refractivity contribution in [3.8, 4) is 0 Å². The van der Waals surface area contributed by atoms with Gasteiger partial charge in [-0.05, 0) is 12.2 Å². The zero-order chi connectivity index (χ0) is 12.7. The van der Waals surface area contributed by atoms with Crippen LogP contribution >= 0.6 is 0 Å². The summed E-state index contributed by atoms with van der Waals surface area (Å²) in [6, 6.07) is 0. The van der Waals surface area contributed by atoms with Gasteiger partial charge in [-0.1, -0.05) is 13.2 Å². The Morgan fingerprint density at radius 2 is 1.50 bits per heavy atom. The molecule has 0 aromatic carbocycles. The third-order valence-electron chi connectivity index (χ3n) is 3.30. The molecule has 0 amide bonds. The van der Waals surface area contributed by atoms with Gasteiger partial charge in [-0.3, -0.25) is 0 Å². The van der Waals surface area contributed by atoms with Crippen molar-refractivity contribution in [2.24, 2.45) is 0 Å². The van der Waals surface area contributed by atoms with E-state index in [-0.39, 0.29) is 18.8 Å². The van der Waals surface area contributed by atoms with Crippen molar-refractivity contribution in [3.05, 3.63) is 25.3 Å². The van der Waals surface area contributed by atoms with Crippen molar-refractivity contribution in [2.75, 3.05) is 6.61 Å². The second kappa shape index (κ2) is 4.73. The van der Waals surface area contributed by atoms with Crippen LogP contribution in [0.2, 0.25) is 0 Å². The lowest BCUT2D eigenvalue weighted by atomic mass is 10.0. The number of hydrogen-bond donors (Lipinski definition) is 1. The Hall–Kier alpha value is -0.760. The van der Waals surface area contributed by atoms with E-state index in [1.165, 1.54) is 6.08 Å². The van der Waals surface area contributed by atoms with Crippen LogP contribution in [0.3, 0.4) is 0 Å². The molecule has 0 bridgehead atoms. The molecule has 7 atom stereocenters. The summed E-state index contributed by atoms with van der Waals surface area (Å²) in [5.74, 6) is 0. The van der Waals surface area contributed by atoms with Gasteiger partial charge in [-0.15, -0.1) is 0 Å². The molecule has 0 aromatic heterocycles. The minimum absolute atomic E-state index is 0.154. The fourth-order valence-electron chi connectivity index (χ4n) is 2.48. The fourth-order valence-corrected chi connectivity index (χ4v) is 2.48. The van der Waals surface area contributed by atoms with E-state index in [9.17, 15) is 5.11 Å². The van der Waals surface area contributed by atoms with E-state index in [2.05, 4.69) is 13.2 Å². The van der Waals surface area contributed by atoms with Crippen LogP contribution in [0, 0.1) is 0 Å². The van der Waals surface area contributed by atoms with Crippen molar-refractivity contribution >= 4 is 0 Å². The Bertz CT molecular complexity index is 345. The Balaban J connectivity index is 1.78. The molecule has 0 saturated carbocycles. The predicted molar refractivity (Wildman–Crippen MR) is 59.4 cm³/mol. The number of ether oxygens (including phenoxy) is 5. The quantitative estimate of drug-likeness (QED) is 0.713. The summed E-state index contributed by atoms with van der Waals surface area (Å²) in [5.41, 5.74) is 0. The summed E-state index contributed by atoms with van der Waals surface area (Å²) in [7, 11) is 0. The molecule has 6 heteroatoms. The first kappa shape index (κ1) is 12.3. The smallest absolute Gasteiger partial charge is 0.190 e. The standard InChI is InChI=1S/C12H16O6/c1-3-7-14-6(5-13)9-10(15-7)11-12(18-9)17-8(4-2)16-11/h3-4,6-13H,1-2,5H2. The molecule has 3 aliphatic heterocycles. The van der Waals surface area contributed by atoms with E-state index < -0.39 is 31.1 Å². The molecule has 0 radical (unpaired) electrons. The van der Waals surface area contributed by atoms with Gasteiger partial charge in [0.25, 0.3) is 0 Å². The summed E-state index contributed by atoms with van der Waals surface area (Å²) in [5, 5.41) is 9.32. The van der Waals surface area contributed by atoms with Crippen LogP contribution in [0.5, 0.6) is 0 Å². The van der Waals surface area contributed by atoms with Gasteiger partial charge in [0.05, 0.1) is 6.61 Å². The highest BCUT2D eigenvalue weighted by molar-refractivity contribution is 5.00. The summed E-state index contributed by atoms with van der Waals surface area (Å²) >= 11 is 0. The van der Waals surface area contributed by atoms with Gasteiger partial charge in [0.15, 0.2) is 18.9 Å². The van der Waals surface area contributed by atoms with E-state index in [0.29, 0.717) is 0 Å². The third-order valence-corrected chi connectivity index (χ3v) is 3.30. The number of rotatable bonds is 3. The van der Waals surface area contributed by atoms with Crippen molar-refractivity contribution in [1.82, 2.24) is 0 Å². The highest BCUT2D eigenvalue weighted by Gasteiger charge is 2.57. The SMILES string of the molecule is C=CC1OC2OC3C(CO)OC(C=C)OC3C2O1. The summed E-state index contributed by atoms with van der Waals surface area (Å²) in [6.07, 6.45) is -0.00760. The van der Waals surface area contributed by atoms with Crippen LogP contribution in [0.25, 0.3) is 0 Å². The van der Waals surface area contributed by atoms with Crippen LogP contribution in [0.1, 0.15) is 0 Å². The van der Waals surface area contributed by atoms with Crippen LogP contribution in [-0.2, 0) is 23.7 Å². The molecule has 3 fully saturated rings. The molecule has 0 spiro atoms. The van der Waals surface area contributed by atoms with Crippen LogP contribution in [0.4, 0.5) is 0 Å². The first-order chi connectivity index (χ1) is 8.76. The molecule has 3 aliphatic rings. The maximum Gasteiger partial charge on any atom is 0.190 e. The van der Waals surface area contributed by atoms with E-state index in [1.54, 1.807) is 6.08 Å². The number of fused-ring (bicyclic) bond motifs is 3. The molecule has 3 rings (SSSR count). The van der Waals surface area contributed by atoms with Crippen LogP contribution in [0.15, 0.2) is 25.3 Å². The maximum absolute atomic E-state index is 9.32. The fraction of sp³-hybridized carbons (Fsp3) is 0.667. The first-order valence-electron chi connectivity index (χ1n) is 5.90. The molecule has 0 aliphatic carbocycles. The van der Waals surface area contributed by atoms with Gasteiger partial charge < -0.3 is 28.8 Å². The number of aliphatic hydroxyl groups excluding tert-OH is 1. The second-order valence-corrected chi connectivity index (χ2v) is 4.37. The van der Waals surface area contributed by atoms with Gasteiger partial charge in [-0.25, -0.2) is 0 Å². The largest absolute Gasteiger partial charge is 0.394 e. The summed E-state index contributed by atoms with van der Waals surface area (Å²) in [4.78, 5) is 0. The highest BCUT2D eigenvalue weighted by Crippen LogP contribution is 2.39. The topological polar surface area (TPSA) is 66.4 Å². The highest BCUT2D eigenvalue weighted by atomic mass is 16.8. The molecule has 1 N–H and O–H groups in total. The molecule has 100 valence electrons. The third kappa shape index (κ3) is 1.82. The molecular weight excluding hydrogens is 240 g/mol. The van der Waals surface area contributed by atoms with Gasteiger partial charge in [0.1, 0.15) is 24.4 Å². The average Bonchev–Trinajstić information content (AvgIpc) is 2.94. The molecule has 3 saturated heterocycles. The minimum atomic E-state index is -0.572. The van der Waals surface area contributed by atoms with Crippen molar-refractivity contribution < 1.29 is 28.8 Å². The Kier molecular flexibility index (Phi) is 3.23. The Morgan fingerprint density at radius 1 is 0.833 bits per heavy atom. The normalized spacial score (nSPS) is 50.6. The predicted octanol–water partition coefficient (Wildman–Crippen LogP) is -0.0728. The molecule has 3 heterocycles. The monoisotopic (exact) mass is 256 g/mol. The van der Waals surface area contributed by atoms with Gasteiger partial charge in [-0.2, -0.15) is 0 Å². The van der Waals surface area contributed by atoms with E-state index in [1.807, 2.05) is 0 Å².